The molecule has 1 saturated heterocycles. The van der Waals surface area contributed by atoms with E-state index in [2.05, 4.69) is 5.32 Å². The van der Waals surface area contributed by atoms with Gasteiger partial charge in [-0.25, -0.2) is 4.79 Å². The van der Waals surface area contributed by atoms with E-state index >= 15 is 0 Å². The molecule has 0 radical (unpaired) electrons. The van der Waals surface area contributed by atoms with Crippen molar-refractivity contribution in [3.63, 3.8) is 0 Å². The lowest BCUT2D eigenvalue weighted by Crippen LogP contribution is -2.49. The number of piperidine rings is 1. The quantitative estimate of drug-likeness (QED) is 0.853. The molecule has 0 aromatic heterocycles. The van der Waals surface area contributed by atoms with E-state index in [0.717, 1.165) is 43.8 Å². The summed E-state index contributed by atoms with van der Waals surface area (Å²) < 4.78 is 5.06. The second kappa shape index (κ2) is 5.70. The van der Waals surface area contributed by atoms with Gasteiger partial charge in [0.15, 0.2) is 0 Å². The molecule has 3 fully saturated rings. The summed E-state index contributed by atoms with van der Waals surface area (Å²) in [5, 5.41) is 3.86. The molecule has 3 atom stereocenters. The SMILES string of the molecule is CCOC(=O)N1CCC(N[C@@H]2C[C@H]3CC[C@H]2C3)CC1. The predicted molar refractivity (Wildman–Crippen MR) is 74.0 cm³/mol. The van der Waals surface area contributed by atoms with Gasteiger partial charge in [0.05, 0.1) is 6.61 Å². The molecular formula is C15H26N2O2. The third-order valence-electron chi connectivity index (χ3n) is 5.21. The predicted octanol–water partition coefficient (Wildman–Crippen LogP) is 2.39. The van der Waals surface area contributed by atoms with Gasteiger partial charge in [-0.05, 0) is 50.9 Å². The van der Waals surface area contributed by atoms with Gasteiger partial charge in [-0.3, -0.25) is 0 Å². The molecule has 0 unspecified atom stereocenters. The van der Waals surface area contributed by atoms with Crippen LogP contribution >= 0.6 is 0 Å². The number of nitrogens with zero attached hydrogens (tertiary/aromatic N) is 1. The van der Waals surface area contributed by atoms with Crippen molar-refractivity contribution >= 4 is 6.09 Å². The Morgan fingerprint density at radius 3 is 2.58 bits per heavy atom. The second-order valence-corrected chi connectivity index (χ2v) is 6.41. The Hall–Kier alpha value is -0.770. The summed E-state index contributed by atoms with van der Waals surface area (Å²) in [6.45, 7) is 4.03. The number of fused-ring (bicyclic) bond motifs is 2. The number of ether oxygens (including phenoxy) is 1. The molecule has 4 nitrogen and oxygen atoms in total. The van der Waals surface area contributed by atoms with E-state index in [1.165, 1.54) is 25.7 Å². The molecule has 19 heavy (non-hydrogen) atoms. The molecule has 0 aromatic rings. The van der Waals surface area contributed by atoms with Crippen LogP contribution in [0.15, 0.2) is 0 Å². The number of likely N-dealkylation sites (tertiary alicyclic amines) is 1. The molecule has 2 aliphatic carbocycles. The normalized spacial score (nSPS) is 34.8. The zero-order valence-electron chi connectivity index (χ0n) is 11.9. The third-order valence-corrected chi connectivity index (χ3v) is 5.21. The van der Waals surface area contributed by atoms with Gasteiger partial charge in [0, 0.05) is 25.2 Å². The highest BCUT2D eigenvalue weighted by Crippen LogP contribution is 2.44. The average molecular weight is 266 g/mol. The Labute approximate surface area is 115 Å². The van der Waals surface area contributed by atoms with E-state index in [1.54, 1.807) is 0 Å². The van der Waals surface area contributed by atoms with E-state index in [1.807, 2.05) is 11.8 Å². The van der Waals surface area contributed by atoms with Crippen LogP contribution in [0, 0.1) is 11.8 Å². The van der Waals surface area contributed by atoms with Crippen LogP contribution in [0.3, 0.4) is 0 Å². The molecule has 1 aliphatic heterocycles. The van der Waals surface area contributed by atoms with Gasteiger partial charge in [0.2, 0.25) is 0 Å². The molecule has 0 spiro atoms. The maximum atomic E-state index is 11.6. The molecule has 2 bridgehead atoms. The Morgan fingerprint density at radius 2 is 2.00 bits per heavy atom. The molecule has 1 N–H and O–H groups in total. The van der Waals surface area contributed by atoms with E-state index in [4.69, 9.17) is 4.74 Å². The van der Waals surface area contributed by atoms with Crippen LogP contribution in [-0.2, 0) is 4.74 Å². The van der Waals surface area contributed by atoms with Crippen LogP contribution in [0.5, 0.6) is 0 Å². The summed E-state index contributed by atoms with van der Waals surface area (Å²) in [5.74, 6) is 1.94. The van der Waals surface area contributed by atoms with Gasteiger partial charge in [0.25, 0.3) is 0 Å². The van der Waals surface area contributed by atoms with Crippen LogP contribution in [0.25, 0.3) is 0 Å². The van der Waals surface area contributed by atoms with Crippen molar-refractivity contribution in [3.8, 4) is 0 Å². The first-order valence-corrected chi connectivity index (χ1v) is 7.94. The highest BCUT2D eigenvalue weighted by atomic mass is 16.6. The maximum absolute atomic E-state index is 11.6. The smallest absolute Gasteiger partial charge is 0.409 e. The van der Waals surface area contributed by atoms with Crippen molar-refractivity contribution in [3.05, 3.63) is 0 Å². The fourth-order valence-electron chi connectivity index (χ4n) is 4.20. The van der Waals surface area contributed by atoms with Crippen LogP contribution in [0.4, 0.5) is 4.79 Å². The second-order valence-electron chi connectivity index (χ2n) is 6.41. The largest absolute Gasteiger partial charge is 0.450 e. The summed E-state index contributed by atoms with van der Waals surface area (Å²) in [6, 6.07) is 1.37. The first-order valence-electron chi connectivity index (χ1n) is 7.94. The fraction of sp³-hybridized carbons (Fsp3) is 0.933. The Balaban J connectivity index is 1.42. The zero-order chi connectivity index (χ0) is 13.2. The van der Waals surface area contributed by atoms with E-state index in [9.17, 15) is 4.79 Å². The lowest BCUT2D eigenvalue weighted by Gasteiger charge is -2.35. The van der Waals surface area contributed by atoms with Crippen molar-refractivity contribution in [2.45, 2.75) is 57.5 Å². The average Bonchev–Trinajstić information content (AvgIpc) is 3.02. The highest BCUT2D eigenvalue weighted by molar-refractivity contribution is 5.67. The van der Waals surface area contributed by atoms with E-state index in [0.29, 0.717) is 12.6 Å². The molecule has 1 amide bonds. The molecular weight excluding hydrogens is 240 g/mol. The standard InChI is InChI=1S/C15H26N2O2/c1-2-19-15(18)17-7-5-13(6-8-17)16-14-10-11-3-4-12(14)9-11/h11-14,16H,2-10H2,1H3/t11-,12-,14+/m0/s1. The fourth-order valence-corrected chi connectivity index (χ4v) is 4.20. The topological polar surface area (TPSA) is 41.6 Å². The minimum absolute atomic E-state index is 0.138. The Morgan fingerprint density at radius 1 is 1.21 bits per heavy atom. The summed E-state index contributed by atoms with van der Waals surface area (Å²) in [4.78, 5) is 13.5. The summed E-state index contributed by atoms with van der Waals surface area (Å²) >= 11 is 0. The summed E-state index contributed by atoms with van der Waals surface area (Å²) in [6.07, 6.45) is 7.76. The monoisotopic (exact) mass is 266 g/mol. The number of nitrogens with one attached hydrogen (secondary N) is 1. The Bertz CT molecular complexity index is 326. The number of carbonyl (C=O) groups is 1. The molecule has 108 valence electrons. The van der Waals surface area contributed by atoms with Gasteiger partial charge < -0.3 is 15.0 Å². The van der Waals surface area contributed by atoms with Crippen molar-refractivity contribution in [1.82, 2.24) is 10.2 Å². The van der Waals surface area contributed by atoms with Crippen molar-refractivity contribution in [1.29, 1.82) is 0 Å². The van der Waals surface area contributed by atoms with Crippen molar-refractivity contribution in [2.24, 2.45) is 11.8 Å². The minimum atomic E-state index is -0.138. The van der Waals surface area contributed by atoms with Gasteiger partial charge >= 0.3 is 6.09 Å². The van der Waals surface area contributed by atoms with Gasteiger partial charge in [0.1, 0.15) is 0 Å². The number of amides is 1. The van der Waals surface area contributed by atoms with Gasteiger partial charge in [-0.2, -0.15) is 0 Å². The minimum Gasteiger partial charge on any atom is -0.450 e. The lowest BCUT2D eigenvalue weighted by atomic mass is 9.93. The van der Waals surface area contributed by atoms with Gasteiger partial charge in [-0.1, -0.05) is 6.42 Å². The van der Waals surface area contributed by atoms with Crippen LogP contribution in [0.1, 0.15) is 45.4 Å². The summed E-state index contributed by atoms with van der Waals surface area (Å²) in [7, 11) is 0. The molecule has 3 rings (SSSR count). The summed E-state index contributed by atoms with van der Waals surface area (Å²) in [5.41, 5.74) is 0. The lowest BCUT2D eigenvalue weighted by molar-refractivity contribution is 0.0933. The molecule has 1 heterocycles. The molecule has 3 aliphatic rings. The van der Waals surface area contributed by atoms with Crippen molar-refractivity contribution < 1.29 is 9.53 Å². The molecule has 4 heteroatoms. The molecule has 2 saturated carbocycles. The van der Waals surface area contributed by atoms with Crippen LogP contribution in [0.2, 0.25) is 0 Å². The van der Waals surface area contributed by atoms with Crippen LogP contribution < -0.4 is 5.32 Å². The maximum Gasteiger partial charge on any atom is 0.409 e. The zero-order valence-corrected chi connectivity index (χ0v) is 11.9. The van der Waals surface area contributed by atoms with Crippen LogP contribution in [-0.4, -0.2) is 42.8 Å². The number of hydrogen-bond acceptors (Lipinski definition) is 3. The van der Waals surface area contributed by atoms with E-state index in [-0.39, 0.29) is 6.09 Å². The highest BCUT2D eigenvalue weighted by Gasteiger charge is 2.40. The number of hydrogen-bond donors (Lipinski definition) is 1. The van der Waals surface area contributed by atoms with E-state index < -0.39 is 0 Å². The van der Waals surface area contributed by atoms with Gasteiger partial charge in [-0.15, -0.1) is 0 Å². The molecule has 0 aromatic carbocycles. The Kier molecular flexibility index (Phi) is 3.96. The third kappa shape index (κ3) is 2.88. The number of carbonyl (C=O) groups excluding carboxylic acids is 1. The number of rotatable bonds is 3. The first-order chi connectivity index (χ1) is 9.26. The first kappa shape index (κ1) is 13.2. The van der Waals surface area contributed by atoms with Crippen molar-refractivity contribution in [2.75, 3.05) is 19.7 Å².